The standard InChI is InChI=1S/C31H37N3O5S/c1-4-12-34(13-5-2)23-9-8-20-14-22(7-6-21(20)15-23)28-11-10-27(40-28)19(3)24(16-32)31(38)33-25-18-39-26(17-35)30(37)29(25)36/h6-11,14-15,25-26,29-30,35-37H,4-5,12-13,17-18H2,1-3H3,(H,33,38)/b24-19+/t25-,26+,29+,30+/m0/s1. The van der Waals surface area contributed by atoms with Crippen molar-refractivity contribution in [2.45, 2.75) is 58.0 Å². The number of nitriles is 1. The molecule has 4 N–H and O–H groups in total. The number of anilines is 1. The summed E-state index contributed by atoms with van der Waals surface area (Å²) in [4.78, 5) is 17.2. The van der Waals surface area contributed by atoms with Crippen LogP contribution in [0.1, 0.15) is 38.5 Å². The van der Waals surface area contributed by atoms with Crippen molar-refractivity contribution in [3.63, 3.8) is 0 Å². The first-order valence-corrected chi connectivity index (χ1v) is 14.5. The number of aliphatic hydroxyl groups is 3. The zero-order valence-corrected chi connectivity index (χ0v) is 23.9. The minimum Gasteiger partial charge on any atom is -0.394 e. The molecular formula is C31H37N3O5S. The van der Waals surface area contributed by atoms with Crippen LogP contribution in [0.15, 0.2) is 54.1 Å². The maximum atomic E-state index is 13.0. The number of ether oxygens (including phenoxy) is 1. The molecule has 212 valence electrons. The third-order valence-electron chi connectivity index (χ3n) is 7.28. The number of benzene rings is 2. The molecule has 1 aliphatic heterocycles. The van der Waals surface area contributed by atoms with Crippen LogP contribution >= 0.6 is 11.3 Å². The van der Waals surface area contributed by atoms with E-state index in [0.717, 1.165) is 46.6 Å². The van der Waals surface area contributed by atoms with Crippen LogP contribution in [0.2, 0.25) is 0 Å². The molecule has 4 rings (SSSR count). The Morgan fingerprint density at radius 3 is 2.45 bits per heavy atom. The third kappa shape index (κ3) is 6.38. The second-order valence-electron chi connectivity index (χ2n) is 10.1. The molecule has 0 saturated carbocycles. The zero-order chi connectivity index (χ0) is 28.8. The Morgan fingerprint density at radius 2 is 1.77 bits per heavy atom. The summed E-state index contributed by atoms with van der Waals surface area (Å²) in [6.07, 6.45) is -1.39. The lowest BCUT2D eigenvalue weighted by Crippen LogP contribution is -2.60. The molecule has 40 heavy (non-hydrogen) atoms. The molecule has 3 aromatic rings. The fourth-order valence-electron chi connectivity index (χ4n) is 5.03. The molecule has 0 aliphatic carbocycles. The number of fused-ring (bicyclic) bond motifs is 1. The van der Waals surface area contributed by atoms with Crippen LogP contribution < -0.4 is 10.2 Å². The van der Waals surface area contributed by atoms with E-state index in [0.29, 0.717) is 5.57 Å². The van der Waals surface area contributed by atoms with E-state index in [1.54, 1.807) is 6.92 Å². The highest BCUT2D eigenvalue weighted by Crippen LogP contribution is 2.35. The molecule has 0 unspecified atom stereocenters. The molecule has 1 fully saturated rings. The number of carbonyl (C=O) groups excluding carboxylic acids is 1. The topological polar surface area (TPSA) is 126 Å². The molecule has 1 amide bonds. The van der Waals surface area contributed by atoms with Crippen LogP contribution in [0.4, 0.5) is 5.69 Å². The molecule has 1 saturated heterocycles. The summed E-state index contributed by atoms with van der Waals surface area (Å²) in [5, 5.41) is 44.4. The molecular weight excluding hydrogens is 526 g/mol. The second-order valence-corrected chi connectivity index (χ2v) is 11.2. The average molecular weight is 564 g/mol. The third-order valence-corrected chi connectivity index (χ3v) is 8.53. The highest BCUT2D eigenvalue weighted by molar-refractivity contribution is 7.16. The number of carbonyl (C=O) groups is 1. The SMILES string of the molecule is CCCN(CCC)c1ccc2cc(-c3ccc(/C(C)=C(\C#N)C(=O)N[C@H]4CO[C@H](CO)[C@@H](O)[C@@H]4O)s3)ccc2c1. The fraction of sp³-hybridized carbons (Fsp3) is 0.419. The van der Waals surface area contributed by atoms with Crippen molar-refractivity contribution in [2.24, 2.45) is 0 Å². The number of nitrogens with zero attached hydrogens (tertiary/aromatic N) is 2. The van der Waals surface area contributed by atoms with Crippen LogP contribution in [-0.2, 0) is 9.53 Å². The van der Waals surface area contributed by atoms with E-state index < -0.39 is 36.9 Å². The Labute approximate surface area is 239 Å². The van der Waals surface area contributed by atoms with Crippen molar-refractivity contribution < 1.29 is 24.9 Å². The van der Waals surface area contributed by atoms with Gasteiger partial charge in [-0.2, -0.15) is 5.26 Å². The Kier molecular flexibility index (Phi) is 9.95. The molecule has 8 nitrogen and oxygen atoms in total. The van der Waals surface area contributed by atoms with E-state index in [1.165, 1.54) is 22.4 Å². The van der Waals surface area contributed by atoms with Gasteiger partial charge in [-0.15, -0.1) is 11.3 Å². The summed E-state index contributed by atoms with van der Waals surface area (Å²) >= 11 is 1.50. The fourth-order valence-corrected chi connectivity index (χ4v) is 6.04. The van der Waals surface area contributed by atoms with Crippen LogP contribution in [0.5, 0.6) is 0 Å². The van der Waals surface area contributed by atoms with Gasteiger partial charge >= 0.3 is 0 Å². The van der Waals surface area contributed by atoms with Crippen molar-refractivity contribution in [1.29, 1.82) is 5.26 Å². The smallest absolute Gasteiger partial charge is 0.262 e. The molecule has 9 heteroatoms. The highest BCUT2D eigenvalue weighted by Gasteiger charge is 2.39. The molecule has 1 aliphatic rings. The first-order chi connectivity index (χ1) is 19.3. The van der Waals surface area contributed by atoms with Crippen molar-refractivity contribution in [2.75, 3.05) is 31.2 Å². The van der Waals surface area contributed by atoms with E-state index >= 15 is 0 Å². The van der Waals surface area contributed by atoms with E-state index in [2.05, 4.69) is 60.5 Å². The number of aliphatic hydroxyl groups excluding tert-OH is 3. The van der Waals surface area contributed by atoms with Gasteiger partial charge in [-0.25, -0.2) is 0 Å². The lowest BCUT2D eigenvalue weighted by atomic mass is 9.98. The number of thiophene rings is 1. The summed E-state index contributed by atoms with van der Waals surface area (Å²) in [7, 11) is 0. The highest BCUT2D eigenvalue weighted by atomic mass is 32.1. The van der Waals surface area contributed by atoms with E-state index in [9.17, 15) is 25.4 Å². The van der Waals surface area contributed by atoms with Gasteiger partial charge in [0.25, 0.3) is 5.91 Å². The zero-order valence-electron chi connectivity index (χ0n) is 23.1. The Morgan fingerprint density at radius 1 is 1.07 bits per heavy atom. The summed E-state index contributed by atoms with van der Waals surface area (Å²) in [6, 6.07) is 17.9. The van der Waals surface area contributed by atoms with Crippen molar-refractivity contribution in [3.05, 3.63) is 59.0 Å². The van der Waals surface area contributed by atoms with Crippen LogP contribution in [0.3, 0.4) is 0 Å². The quantitative estimate of drug-likeness (QED) is 0.216. The average Bonchev–Trinajstić information content (AvgIpc) is 3.46. The predicted molar refractivity (Wildman–Crippen MR) is 159 cm³/mol. The Hall–Kier alpha value is -3.26. The maximum absolute atomic E-state index is 13.0. The van der Waals surface area contributed by atoms with Gasteiger partial charge < -0.3 is 30.3 Å². The predicted octanol–water partition coefficient (Wildman–Crippen LogP) is 4.09. The second kappa shape index (κ2) is 13.4. The summed E-state index contributed by atoms with van der Waals surface area (Å²) in [5.41, 5.74) is 2.74. The first-order valence-electron chi connectivity index (χ1n) is 13.7. The van der Waals surface area contributed by atoms with Gasteiger partial charge in [0.1, 0.15) is 30.0 Å². The molecule has 4 atom stereocenters. The largest absolute Gasteiger partial charge is 0.394 e. The number of nitrogens with one attached hydrogen (secondary N) is 1. The number of allylic oxidation sites excluding steroid dienone is 1. The Balaban J connectivity index is 1.53. The lowest BCUT2D eigenvalue weighted by molar-refractivity contribution is -0.163. The molecule has 0 radical (unpaired) electrons. The van der Waals surface area contributed by atoms with Crippen molar-refractivity contribution in [3.8, 4) is 16.5 Å². The lowest BCUT2D eigenvalue weighted by Gasteiger charge is -2.37. The van der Waals surface area contributed by atoms with E-state index in [-0.39, 0.29) is 12.2 Å². The van der Waals surface area contributed by atoms with E-state index in [1.807, 2.05) is 18.2 Å². The minimum atomic E-state index is -1.35. The number of hydrogen-bond donors (Lipinski definition) is 4. The molecule has 0 bridgehead atoms. The van der Waals surface area contributed by atoms with Gasteiger partial charge in [-0.1, -0.05) is 32.0 Å². The van der Waals surface area contributed by atoms with Crippen LogP contribution in [0.25, 0.3) is 26.8 Å². The van der Waals surface area contributed by atoms with Crippen LogP contribution in [-0.4, -0.2) is 71.9 Å². The van der Waals surface area contributed by atoms with Gasteiger partial charge in [0.2, 0.25) is 0 Å². The van der Waals surface area contributed by atoms with Crippen LogP contribution in [0, 0.1) is 11.3 Å². The van der Waals surface area contributed by atoms with E-state index in [4.69, 9.17) is 4.74 Å². The van der Waals surface area contributed by atoms with Crippen molar-refractivity contribution in [1.82, 2.24) is 5.32 Å². The number of hydrogen-bond acceptors (Lipinski definition) is 8. The monoisotopic (exact) mass is 563 g/mol. The van der Waals surface area contributed by atoms with Gasteiger partial charge in [-0.05, 0) is 72.0 Å². The number of rotatable bonds is 10. The van der Waals surface area contributed by atoms with Gasteiger partial charge in [-0.3, -0.25) is 4.79 Å². The van der Waals surface area contributed by atoms with Gasteiger partial charge in [0.05, 0.1) is 19.3 Å². The molecule has 1 aromatic heterocycles. The summed E-state index contributed by atoms with van der Waals surface area (Å²) in [5.74, 6) is -0.654. The molecule has 0 spiro atoms. The summed E-state index contributed by atoms with van der Waals surface area (Å²) in [6.45, 7) is 7.65. The molecule has 2 heterocycles. The van der Waals surface area contributed by atoms with Gasteiger partial charge in [0.15, 0.2) is 0 Å². The summed E-state index contributed by atoms with van der Waals surface area (Å²) < 4.78 is 5.33. The molecule has 2 aromatic carbocycles. The normalized spacial score (nSPS) is 21.5. The number of amides is 1. The van der Waals surface area contributed by atoms with Crippen molar-refractivity contribution >= 4 is 39.3 Å². The Bertz CT molecular complexity index is 1410. The first kappa shape index (κ1) is 29.7. The minimum absolute atomic E-state index is 0.0749. The maximum Gasteiger partial charge on any atom is 0.262 e. The van der Waals surface area contributed by atoms with Gasteiger partial charge in [0, 0.05) is 28.5 Å².